The van der Waals surface area contributed by atoms with Crippen molar-refractivity contribution in [1.82, 2.24) is 15.2 Å². The van der Waals surface area contributed by atoms with Gasteiger partial charge in [0.1, 0.15) is 10.6 Å². The first-order valence-corrected chi connectivity index (χ1v) is 11.6. The lowest BCUT2D eigenvalue weighted by Gasteiger charge is -2.45. The Bertz CT molecular complexity index is 1060. The summed E-state index contributed by atoms with van der Waals surface area (Å²) in [7, 11) is 0. The van der Waals surface area contributed by atoms with Crippen LogP contribution in [-0.2, 0) is 11.2 Å². The van der Waals surface area contributed by atoms with E-state index in [1.807, 2.05) is 42.2 Å². The Morgan fingerprint density at radius 2 is 2.06 bits per heavy atom. The topological polar surface area (TPSA) is 57.4 Å². The molecular weight excluding hydrogens is 406 g/mol. The van der Waals surface area contributed by atoms with Crippen molar-refractivity contribution in [3.63, 3.8) is 0 Å². The molecule has 0 spiro atoms. The highest BCUT2D eigenvalue weighted by Crippen LogP contribution is 2.35. The monoisotopic (exact) mass is 435 g/mol. The molecule has 1 aromatic heterocycles. The summed E-state index contributed by atoms with van der Waals surface area (Å²) in [5.74, 6) is -0.0378. The Balaban J connectivity index is 1.33. The number of likely N-dealkylation sites (N-methyl/N-ethyl adjacent to an activating group) is 1. The molecule has 5 nitrogen and oxygen atoms in total. The van der Waals surface area contributed by atoms with Gasteiger partial charge < -0.3 is 19.9 Å². The van der Waals surface area contributed by atoms with E-state index in [1.54, 1.807) is 0 Å². The SMILES string of the molecule is CCN(C(=O)c1cc2ccccc2[nH]1)C1(S)COC[C@@H](N[C@@H]2CCc3ccccc32)C1. The number of fused-ring (bicyclic) bond motifs is 2. The quantitative estimate of drug-likeness (QED) is 0.413. The Labute approximate surface area is 188 Å². The average molecular weight is 436 g/mol. The molecule has 1 aliphatic heterocycles. The van der Waals surface area contributed by atoms with E-state index in [2.05, 4.69) is 34.6 Å². The van der Waals surface area contributed by atoms with Crippen LogP contribution in [0.25, 0.3) is 10.9 Å². The zero-order chi connectivity index (χ0) is 21.4. The molecular formula is C25H29N3O2S. The van der Waals surface area contributed by atoms with Crippen molar-refractivity contribution < 1.29 is 9.53 Å². The number of benzene rings is 2. The van der Waals surface area contributed by atoms with Gasteiger partial charge in [0.2, 0.25) is 0 Å². The molecule has 6 heteroatoms. The Hall–Kier alpha value is -2.28. The number of thiol groups is 1. The van der Waals surface area contributed by atoms with E-state index in [1.165, 1.54) is 11.1 Å². The van der Waals surface area contributed by atoms with E-state index in [9.17, 15) is 4.79 Å². The zero-order valence-electron chi connectivity index (χ0n) is 17.8. The maximum Gasteiger partial charge on any atom is 0.271 e. The molecule has 2 aliphatic rings. The number of aryl methyl sites for hydroxylation is 1. The molecule has 31 heavy (non-hydrogen) atoms. The number of amides is 1. The molecule has 1 fully saturated rings. The van der Waals surface area contributed by atoms with Crippen molar-refractivity contribution in [3.05, 3.63) is 71.4 Å². The maximum absolute atomic E-state index is 13.4. The first-order chi connectivity index (χ1) is 15.1. The van der Waals surface area contributed by atoms with Gasteiger partial charge in [0, 0.05) is 29.5 Å². The van der Waals surface area contributed by atoms with Crippen LogP contribution in [0.15, 0.2) is 54.6 Å². The van der Waals surface area contributed by atoms with Crippen molar-refractivity contribution >= 4 is 29.4 Å². The molecule has 3 atom stereocenters. The van der Waals surface area contributed by atoms with Gasteiger partial charge in [-0.1, -0.05) is 42.5 Å². The third-order valence-corrected chi connectivity index (χ3v) is 7.17. The second-order valence-corrected chi connectivity index (χ2v) is 9.51. The smallest absolute Gasteiger partial charge is 0.271 e. The lowest BCUT2D eigenvalue weighted by Crippen LogP contribution is -2.58. The highest BCUT2D eigenvalue weighted by atomic mass is 32.1. The predicted octanol–water partition coefficient (Wildman–Crippen LogP) is 4.32. The van der Waals surface area contributed by atoms with Crippen LogP contribution in [0.2, 0.25) is 0 Å². The van der Waals surface area contributed by atoms with Crippen molar-refractivity contribution in [3.8, 4) is 0 Å². The van der Waals surface area contributed by atoms with Crippen molar-refractivity contribution in [2.24, 2.45) is 0 Å². The third-order valence-electron chi connectivity index (χ3n) is 6.62. The molecule has 1 aliphatic carbocycles. The molecule has 0 bridgehead atoms. The highest BCUT2D eigenvalue weighted by Gasteiger charge is 2.42. The van der Waals surface area contributed by atoms with Gasteiger partial charge in [-0.2, -0.15) is 0 Å². The molecule has 1 saturated heterocycles. The Morgan fingerprint density at radius 1 is 1.26 bits per heavy atom. The van der Waals surface area contributed by atoms with E-state index >= 15 is 0 Å². The summed E-state index contributed by atoms with van der Waals surface area (Å²) in [5.41, 5.74) is 4.38. The van der Waals surface area contributed by atoms with E-state index in [-0.39, 0.29) is 11.9 Å². The third kappa shape index (κ3) is 3.88. The van der Waals surface area contributed by atoms with Crippen LogP contribution in [0.5, 0.6) is 0 Å². The van der Waals surface area contributed by atoms with Gasteiger partial charge in [-0.3, -0.25) is 4.79 Å². The summed E-state index contributed by atoms with van der Waals surface area (Å²) in [6, 6.07) is 19.0. The number of H-pyrrole nitrogens is 1. The summed E-state index contributed by atoms with van der Waals surface area (Å²) >= 11 is 5.02. The minimum atomic E-state index is -0.656. The number of rotatable bonds is 5. The predicted molar refractivity (Wildman–Crippen MR) is 127 cm³/mol. The molecule has 0 radical (unpaired) electrons. The zero-order valence-corrected chi connectivity index (χ0v) is 18.7. The van der Waals surface area contributed by atoms with Gasteiger partial charge in [-0.15, -0.1) is 12.6 Å². The standard InChI is InChI=1S/C25H29N3O2S/c1-2-28(24(29)23-13-18-8-4-6-10-21(18)27-23)25(31)14-19(15-30-16-25)26-22-12-11-17-7-3-5-9-20(17)22/h3-10,13,19,22,26-27,31H,2,11-12,14-16H2,1H3/t19-,22+,25?/m0/s1. The van der Waals surface area contributed by atoms with Gasteiger partial charge >= 0.3 is 0 Å². The lowest BCUT2D eigenvalue weighted by atomic mass is 10.00. The summed E-state index contributed by atoms with van der Waals surface area (Å²) in [6.45, 7) is 3.64. The fraction of sp³-hybridized carbons (Fsp3) is 0.400. The van der Waals surface area contributed by atoms with Crippen LogP contribution >= 0.6 is 12.6 Å². The number of para-hydroxylation sites is 1. The number of nitrogens with one attached hydrogen (secondary N) is 2. The highest BCUT2D eigenvalue weighted by molar-refractivity contribution is 7.81. The summed E-state index contributed by atoms with van der Waals surface area (Å²) in [5, 5.41) is 4.83. The minimum Gasteiger partial charge on any atom is -0.376 e. The van der Waals surface area contributed by atoms with Gasteiger partial charge in [0.05, 0.1) is 13.2 Å². The molecule has 0 saturated carbocycles. The average Bonchev–Trinajstić information content (AvgIpc) is 3.39. The molecule has 5 rings (SSSR count). The number of aromatic amines is 1. The molecule has 3 aromatic rings. The Kier molecular flexibility index (Phi) is 5.54. The number of nitrogens with zero attached hydrogens (tertiary/aromatic N) is 1. The fourth-order valence-electron chi connectivity index (χ4n) is 5.15. The van der Waals surface area contributed by atoms with Gasteiger partial charge in [-0.05, 0) is 49.4 Å². The Morgan fingerprint density at radius 3 is 2.90 bits per heavy atom. The molecule has 1 unspecified atom stereocenters. The first-order valence-electron chi connectivity index (χ1n) is 11.1. The van der Waals surface area contributed by atoms with Gasteiger partial charge in [0.25, 0.3) is 5.91 Å². The second-order valence-electron chi connectivity index (χ2n) is 8.68. The van der Waals surface area contributed by atoms with Crippen LogP contribution in [0.3, 0.4) is 0 Å². The number of carbonyl (C=O) groups excluding carboxylic acids is 1. The van der Waals surface area contributed by atoms with Crippen molar-refractivity contribution in [2.45, 2.75) is 43.1 Å². The second kappa shape index (κ2) is 8.34. The van der Waals surface area contributed by atoms with E-state index < -0.39 is 4.87 Å². The number of carbonyl (C=O) groups is 1. The molecule has 2 heterocycles. The molecule has 1 amide bonds. The number of aromatic nitrogens is 1. The van der Waals surface area contributed by atoms with Crippen molar-refractivity contribution in [2.75, 3.05) is 19.8 Å². The minimum absolute atomic E-state index is 0.0378. The van der Waals surface area contributed by atoms with Gasteiger partial charge in [0.15, 0.2) is 0 Å². The fourth-order valence-corrected chi connectivity index (χ4v) is 5.69. The maximum atomic E-state index is 13.4. The van der Waals surface area contributed by atoms with E-state index in [0.29, 0.717) is 31.5 Å². The normalized spacial score (nSPS) is 25.5. The van der Waals surface area contributed by atoms with Crippen LogP contribution in [0, 0.1) is 0 Å². The van der Waals surface area contributed by atoms with Crippen molar-refractivity contribution in [1.29, 1.82) is 0 Å². The van der Waals surface area contributed by atoms with Crippen LogP contribution in [-0.4, -0.2) is 46.5 Å². The number of ether oxygens (including phenoxy) is 1. The van der Waals surface area contributed by atoms with Crippen LogP contribution in [0.1, 0.15) is 47.4 Å². The number of hydrogen-bond acceptors (Lipinski definition) is 4. The largest absolute Gasteiger partial charge is 0.376 e. The summed E-state index contributed by atoms with van der Waals surface area (Å²) in [4.78, 5) is 17.9. The van der Waals surface area contributed by atoms with Crippen LogP contribution < -0.4 is 5.32 Å². The molecule has 2 N–H and O–H groups in total. The van der Waals surface area contributed by atoms with E-state index in [4.69, 9.17) is 17.4 Å². The van der Waals surface area contributed by atoms with Gasteiger partial charge in [-0.25, -0.2) is 0 Å². The number of hydrogen-bond donors (Lipinski definition) is 3. The first kappa shape index (κ1) is 20.6. The van der Waals surface area contributed by atoms with E-state index in [0.717, 1.165) is 30.2 Å². The summed E-state index contributed by atoms with van der Waals surface area (Å²) in [6.07, 6.45) is 2.95. The lowest BCUT2D eigenvalue weighted by molar-refractivity contribution is -0.0121. The molecule has 2 aromatic carbocycles. The molecule has 162 valence electrons. The van der Waals surface area contributed by atoms with Crippen LogP contribution in [0.4, 0.5) is 0 Å². The summed E-state index contributed by atoms with van der Waals surface area (Å²) < 4.78 is 5.98.